The van der Waals surface area contributed by atoms with Crippen molar-refractivity contribution in [3.05, 3.63) is 63.8 Å². The molecule has 0 heterocycles. The fourth-order valence-electron chi connectivity index (χ4n) is 2.15. The molecule has 0 aliphatic carbocycles. The molecule has 0 aliphatic rings. The van der Waals surface area contributed by atoms with Gasteiger partial charge in [0.1, 0.15) is 0 Å². The Morgan fingerprint density at radius 1 is 0.958 bits per heavy atom. The van der Waals surface area contributed by atoms with Gasteiger partial charge in [0.2, 0.25) is 0 Å². The summed E-state index contributed by atoms with van der Waals surface area (Å²) in [5.74, 6) is 0.861. The van der Waals surface area contributed by atoms with E-state index < -0.39 is 20.9 Å². The Bertz CT molecular complexity index is 617. The molecule has 0 atom stereocenters. The molecule has 2 rings (SSSR count). The van der Waals surface area contributed by atoms with Gasteiger partial charge in [-0.1, -0.05) is 0 Å². The summed E-state index contributed by atoms with van der Waals surface area (Å²) < 4.78 is 19.5. The van der Waals surface area contributed by atoms with Gasteiger partial charge in [-0.15, -0.1) is 0 Å². The van der Waals surface area contributed by atoms with Crippen LogP contribution in [0.25, 0.3) is 6.08 Å². The molecule has 0 aliphatic heterocycles. The predicted octanol–water partition coefficient (Wildman–Crippen LogP) is 3.46. The molecule has 0 radical (unpaired) electrons. The Hall–Kier alpha value is -1.31. The first kappa shape index (κ1) is 19.0. The van der Waals surface area contributed by atoms with Gasteiger partial charge in [0.25, 0.3) is 0 Å². The summed E-state index contributed by atoms with van der Waals surface area (Å²) in [6, 6.07) is 18.6. The van der Waals surface area contributed by atoms with Crippen LogP contribution in [-0.4, -0.2) is 47.5 Å². The summed E-state index contributed by atoms with van der Waals surface area (Å²) in [5.41, 5.74) is 1.14. The summed E-state index contributed by atoms with van der Waals surface area (Å²) in [6.45, 7) is 5.26. The van der Waals surface area contributed by atoms with Gasteiger partial charge in [0.15, 0.2) is 0 Å². The van der Waals surface area contributed by atoms with Crippen LogP contribution in [0.1, 0.15) is 19.4 Å². The van der Waals surface area contributed by atoms with Crippen molar-refractivity contribution in [3.63, 3.8) is 0 Å². The van der Waals surface area contributed by atoms with Crippen molar-refractivity contribution in [2.75, 3.05) is 20.3 Å². The Balaban J connectivity index is 2.30. The molecule has 3 nitrogen and oxygen atoms in total. The van der Waals surface area contributed by atoms with E-state index in [1.807, 2.05) is 32.0 Å². The minimum atomic E-state index is -0.571. The Morgan fingerprint density at radius 3 is 2.12 bits per heavy atom. The van der Waals surface area contributed by atoms with E-state index in [0.29, 0.717) is 13.2 Å². The average molecular weight is 440 g/mol. The Kier molecular flexibility index (Phi) is 8.35. The van der Waals surface area contributed by atoms with Gasteiger partial charge in [-0.05, 0) is 0 Å². The number of benzene rings is 2. The molecular weight excluding hydrogens is 416 g/mol. The molecule has 0 amide bonds. The first-order valence-corrected chi connectivity index (χ1v) is 10.4. The SMILES string of the molecule is CCOC(OCC)/C(=C\c1ccc(OC)cc1)[Te]c1ccccc1. The molecule has 0 N–H and O–H groups in total. The zero-order chi connectivity index (χ0) is 17.2. The van der Waals surface area contributed by atoms with E-state index in [1.165, 1.54) is 7.23 Å². The van der Waals surface area contributed by atoms with Crippen LogP contribution in [0.15, 0.2) is 58.2 Å². The van der Waals surface area contributed by atoms with E-state index in [9.17, 15) is 0 Å². The molecule has 0 aromatic heterocycles. The maximum absolute atomic E-state index is 5.85. The molecule has 0 saturated heterocycles. The van der Waals surface area contributed by atoms with E-state index in [2.05, 4.69) is 42.5 Å². The molecule has 2 aromatic rings. The molecule has 24 heavy (non-hydrogen) atoms. The maximum atomic E-state index is 5.85. The number of ether oxygens (including phenoxy) is 3. The quantitative estimate of drug-likeness (QED) is 0.442. The fraction of sp³-hybridized carbons (Fsp3) is 0.300. The van der Waals surface area contributed by atoms with Gasteiger partial charge in [-0.25, -0.2) is 0 Å². The van der Waals surface area contributed by atoms with Crippen LogP contribution in [0.5, 0.6) is 5.75 Å². The number of rotatable bonds is 9. The van der Waals surface area contributed by atoms with E-state index in [-0.39, 0.29) is 6.29 Å². The van der Waals surface area contributed by atoms with Crippen molar-refractivity contribution in [1.82, 2.24) is 0 Å². The van der Waals surface area contributed by atoms with Crippen LogP contribution in [0.4, 0.5) is 0 Å². The van der Waals surface area contributed by atoms with Gasteiger partial charge in [-0.3, -0.25) is 0 Å². The van der Waals surface area contributed by atoms with Crippen LogP contribution >= 0.6 is 0 Å². The molecule has 0 fully saturated rings. The third-order valence-corrected chi connectivity index (χ3v) is 6.28. The second kappa shape index (κ2) is 10.5. The number of hydrogen-bond donors (Lipinski definition) is 0. The summed E-state index contributed by atoms with van der Waals surface area (Å²) in [4.78, 5) is 0. The first-order valence-electron chi connectivity index (χ1n) is 8.08. The molecule has 4 heteroatoms. The van der Waals surface area contributed by atoms with Crippen LogP contribution in [-0.2, 0) is 9.47 Å². The van der Waals surface area contributed by atoms with E-state index >= 15 is 0 Å². The molecule has 0 saturated carbocycles. The Labute approximate surface area is 154 Å². The van der Waals surface area contributed by atoms with Crippen molar-refractivity contribution in [3.8, 4) is 5.75 Å². The van der Waals surface area contributed by atoms with Crippen LogP contribution in [0, 0.1) is 0 Å². The zero-order valence-electron chi connectivity index (χ0n) is 14.4. The summed E-state index contributed by atoms with van der Waals surface area (Å²) in [6.07, 6.45) is 1.93. The normalized spacial score (nSPS) is 11.8. The van der Waals surface area contributed by atoms with Crippen LogP contribution in [0.2, 0.25) is 0 Å². The monoisotopic (exact) mass is 442 g/mol. The van der Waals surface area contributed by atoms with Gasteiger partial charge >= 0.3 is 155 Å². The van der Waals surface area contributed by atoms with E-state index in [1.54, 1.807) is 7.11 Å². The molecule has 128 valence electrons. The summed E-state index contributed by atoms with van der Waals surface area (Å²) in [5, 5.41) is 0. The van der Waals surface area contributed by atoms with Gasteiger partial charge in [0, 0.05) is 0 Å². The summed E-state index contributed by atoms with van der Waals surface area (Å²) in [7, 11) is 1.68. The van der Waals surface area contributed by atoms with Gasteiger partial charge < -0.3 is 0 Å². The van der Waals surface area contributed by atoms with Crippen molar-refractivity contribution in [1.29, 1.82) is 0 Å². The number of methoxy groups -OCH3 is 1. The molecule has 2 aromatic carbocycles. The molecular formula is C20H24O3Te. The second-order valence-corrected chi connectivity index (χ2v) is 8.25. The molecule has 0 unspecified atom stereocenters. The van der Waals surface area contributed by atoms with Crippen molar-refractivity contribution in [2.45, 2.75) is 20.1 Å². The second-order valence-electron chi connectivity index (χ2n) is 4.98. The Morgan fingerprint density at radius 2 is 1.58 bits per heavy atom. The van der Waals surface area contributed by atoms with Crippen LogP contribution in [0.3, 0.4) is 0 Å². The number of hydrogen-bond acceptors (Lipinski definition) is 3. The zero-order valence-corrected chi connectivity index (χ0v) is 16.7. The van der Waals surface area contributed by atoms with E-state index in [0.717, 1.165) is 11.3 Å². The summed E-state index contributed by atoms with van der Waals surface area (Å²) >= 11 is -0.571. The molecule has 0 bridgehead atoms. The minimum absolute atomic E-state index is 0.273. The van der Waals surface area contributed by atoms with Crippen molar-refractivity contribution >= 4 is 30.6 Å². The molecule has 0 spiro atoms. The van der Waals surface area contributed by atoms with Gasteiger partial charge in [0.05, 0.1) is 0 Å². The van der Waals surface area contributed by atoms with Crippen molar-refractivity contribution < 1.29 is 14.2 Å². The first-order chi connectivity index (χ1) is 11.8. The van der Waals surface area contributed by atoms with Crippen molar-refractivity contribution in [2.24, 2.45) is 0 Å². The predicted molar refractivity (Wildman–Crippen MR) is 99.8 cm³/mol. The average Bonchev–Trinajstić information content (AvgIpc) is 2.62. The third-order valence-electron chi connectivity index (χ3n) is 3.27. The fourth-order valence-corrected chi connectivity index (χ4v) is 4.98. The van der Waals surface area contributed by atoms with E-state index in [4.69, 9.17) is 14.2 Å². The van der Waals surface area contributed by atoms with Gasteiger partial charge in [-0.2, -0.15) is 0 Å². The van der Waals surface area contributed by atoms with Crippen LogP contribution < -0.4 is 8.35 Å². The standard InChI is InChI=1S/C20H24O3Te/c1-4-22-20(23-5-2)19(24-18-9-7-6-8-10-18)15-16-11-13-17(21-3)14-12-16/h6-15,20H,4-5H2,1-3H3/b19-15+. The third kappa shape index (κ3) is 5.96. The topological polar surface area (TPSA) is 27.7 Å².